The third kappa shape index (κ3) is 7.45. The number of benzene rings is 4. The van der Waals surface area contributed by atoms with Gasteiger partial charge in [-0.25, -0.2) is 9.59 Å². The smallest absolute Gasteiger partial charge is 0.318 e. The highest BCUT2D eigenvalue weighted by Gasteiger charge is 2.21. The number of rotatable bonds is 11. The summed E-state index contributed by atoms with van der Waals surface area (Å²) in [4.78, 5) is 61.0. The molecular weight excluding hydrogens is 578 g/mol. The molecule has 0 N–H and O–H groups in total. The Hall–Kier alpha value is -5.09. The van der Waals surface area contributed by atoms with Crippen LogP contribution in [0.1, 0.15) is 55.3 Å². The molecule has 0 unspecified atom stereocenters. The second-order valence-electron chi connectivity index (χ2n) is 9.66. The van der Waals surface area contributed by atoms with Crippen molar-refractivity contribution in [3.05, 3.63) is 96.1 Å². The molecule has 0 aliphatic rings. The second kappa shape index (κ2) is 14.4. The zero-order valence-electron chi connectivity index (χ0n) is 25.0. The first-order valence-corrected chi connectivity index (χ1v) is 14.8. The van der Waals surface area contributed by atoms with Gasteiger partial charge >= 0.3 is 11.9 Å². The van der Waals surface area contributed by atoms with Gasteiger partial charge in [0.15, 0.2) is 0 Å². The van der Waals surface area contributed by atoms with Crippen molar-refractivity contribution in [2.24, 2.45) is 10.3 Å². The lowest BCUT2D eigenvalue weighted by molar-refractivity contribution is -0.141. The Morgan fingerprint density at radius 3 is 1.73 bits per heavy atom. The van der Waals surface area contributed by atoms with E-state index in [1.54, 1.807) is 30.0 Å². The van der Waals surface area contributed by atoms with Crippen molar-refractivity contribution in [1.82, 2.24) is 0 Å². The largest absolute Gasteiger partial charge is 0.331 e. The summed E-state index contributed by atoms with van der Waals surface area (Å²) in [5, 5.41) is 8.79. The molecule has 4 aromatic carbocycles. The molecule has 0 atom stereocenters. The Balaban J connectivity index is 1.83. The molecule has 0 fully saturated rings. The number of hydrogen-bond donors (Lipinski definition) is 0. The van der Waals surface area contributed by atoms with Crippen molar-refractivity contribution >= 4 is 74.5 Å². The van der Waals surface area contributed by atoms with Gasteiger partial charge in [-0.05, 0) is 85.7 Å². The molecule has 0 amide bonds. The van der Waals surface area contributed by atoms with Crippen molar-refractivity contribution in [1.29, 1.82) is 0 Å². The maximum absolute atomic E-state index is 13.3. The first-order valence-electron chi connectivity index (χ1n) is 13.8. The lowest BCUT2D eigenvalue weighted by Crippen LogP contribution is -2.15. The Labute approximate surface area is 259 Å². The van der Waals surface area contributed by atoms with Gasteiger partial charge in [0.25, 0.3) is 0 Å². The van der Waals surface area contributed by atoms with Crippen molar-refractivity contribution in [3.8, 4) is 0 Å². The predicted molar refractivity (Wildman–Crippen MR) is 173 cm³/mol. The molecule has 0 bridgehead atoms. The molecule has 44 heavy (non-hydrogen) atoms. The van der Waals surface area contributed by atoms with Crippen LogP contribution in [-0.2, 0) is 19.3 Å². The topological polar surface area (TPSA) is 115 Å². The van der Waals surface area contributed by atoms with E-state index in [2.05, 4.69) is 34.2 Å². The van der Waals surface area contributed by atoms with Crippen LogP contribution in [0.4, 0.5) is 17.1 Å². The Morgan fingerprint density at radius 2 is 1.18 bits per heavy atom. The molecule has 0 aliphatic heterocycles. The molecule has 0 aromatic heterocycles. The van der Waals surface area contributed by atoms with E-state index in [-0.39, 0.29) is 23.0 Å². The minimum Gasteiger partial charge on any atom is -0.318 e. The minimum absolute atomic E-state index is 0.0479. The number of ketones is 2. The zero-order valence-corrected chi connectivity index (χ0v) is 25.8. The van der Waals surface area contributed by atoms with Gasteiger partial charge in [-0.1, -0.05) is 41.5 Å². The van der Waals surface area contributed by atoms with Gasteiger partial charge in [0.05, 0.1) is 5.69 Å². The number of carbonyl (C=O) groups is 4. The van der Waals surface area contributed by atoms with Crippen molar-refractivity contribution in [3.63, 3.8) is 0 Å². The fourth-order valence-corrected chi connectivity index (χ4v) is 5.14. The van der Waals surface area contributed by atoms with Crippen LogP contribution in [0.5, 0.6) is 0 Å². The van der Waals surface area contributed by atoms with E-state index >= 15 is 0 Å². The van der Waals surface area contributed by atoms with Crippen molar-refractivity contribution in [2.45, 2.75) is 39.5 Å². The van der Waals surface area contributed by atoms with Gasteiger partial charge < -0.3 is 14.6 Å². The Morgan fingerprint density at radius 1 is 0.659 bits per heavy atom. The molecule has 0 heterocycles. The maximum atomic E-state index is 13.3. The fraction of sp³-hybridized carbons (Fsp3) is 0.176. The van der Waals surface area contributed by atoms with E-state index in [0.29, 0.717) is 16.5 Å². The summed E-state index contributed by atoms with van der Waals surface area (Å²) in [6, 6.07) is 26.3. The summed E-state index contributed by atoms with van der Waals surface area (Å²) in [6.45, 7) is 7.50. The third-order valence-corrected chi connectivity index (χ3v) is 7.35. The molecule has 10 heteroatoms. The summed E-state index contributed by atoms with van der Waals surface area (Å²) in [7, 11) is 0. The number of oxime groups is 2. The van der Waals surface area contributed by atoms with Gasteiger partial charge in [-0.3, -0.25) is 9.59 Å². The highest BCUT2D eigenvalue weighted by Crippen LogP contribution is 2.40. The monoisotopic (exact) mass is 609 g/mol. The summed E-state index contributed by atoms with van der Waals surface area (Å²) in [6.07, 6.45) is 0. The van der Waals surface area contributed by atoms with Crippen molar-refractivity contribution < 1.29 is 28.9 Å². The third-order valence-electron chi connectivity index (χ3n) is 6.46. The first-order chi connectivity index (χ1) is 21.1. The van der Waals surface area contributed by atoms with E-state index in [4.69, 9.17) is 4.84 Å². The number of carbonyl (C=O) groups excluding carboxylic acids is 4. The normalized spacial score (nSPS) is 11.7. The van der Waals surface area contributed by atoms with E-state index < -0.39 is 11.9 Å². The van der Waals surface area contributed by atoms with Crippen LogP contribution < -0.4 is 4.90 Å². The average molecular weight is 610 g/mol. The van der Waals surface area contributed by atoms with E-state index in [1.807, 2.05) is 59.5 Å². The lowest BCUT2D eigenvalue weighted by atomic mass is 9.97. The molecule has 0 saturated carbocycles. The summed E-state index contributed by atoms with van der Waals surface area (Å²) >= 11 is 1.74. The standard InChI is InChI=1S/C34H31N3O6S/c1-6-44-28-17-15-27(16-18-28)37(26-13-11-25(12-14-26)33(40)21(2)35-42-23(4)38)32-20-19-31(29-9-7-8-10-30(29)32)34(41)22(3)36-43-24(5)39/h7-20H,6H2,1-5H3/b35-21-,36-22-. The van der Waals surface area contributed by atoms with Gasteiger partial charge in [0, 0.05) is 46.6 Å². The molecule has 9 nitrogen and oxygen atoms in total. The Bertz CT molecular complexity index is 1780. The van der Waals surface area contributed by atoms with E-state index in [0.717, 1.165) is 33.1 Å². The fourth-order valence-electron chi connectivity index (χ4n) is 4.48. The average Bonchev–Trinajstić information content (AvgIpc) is 3.03. The van der Waals surface area contributed by atoms with E-state index in [1.165, 1.54) is 27.7 Å². The molecule has 0 radical (unpaired) electrons. The number of Topliss-reactive ketones (excluding diaryl/α,β-unsaturated/α-hetero) is 2. The number of anilines is 3. The van der Waals surface area contributed by atoms with E-state index in [9.17, 15) is 19.2 Å². The van der Waals surface area contributed by atoms with Gasteiger partial charge in [0.1, 0.15) is 11.4 Å². The van der Waals surface area contributed by atoms with Gasteiger partial charge in [-0.2, -0.15) is 0 Å². The van der Waals surface area contributed by atoms with Crippen LogP contribution in [0.15, 0.2) is 100 Å². The molecule has 0 saturated heterocycles. The number of thioether (sulfide) groups is 1. The van der Waals surface area contributed by atoms with Crippen LogP contribution in [0.2, 0.25) is 0 Å². The SMILES string of the molecule is CCSc1ccc(N(c2ccc(C(=O)/C(C)=N\OC(C)=O)cc2)c2ccc(C(=O)/C(C)=N\OC(C)=O)c3ccccc23)cc1. The lowest BCUT2D eigenvalue weighted by Gasteiger charge is -2.27. The van der Waals surface area contributed by atoms with Gasteiger partial charge in [-0.15, -0.1) is 11.8 Å². The minimum atomic E-state index is -0.615. The molecule has 4 rings (SSSR count). The van der Waals surface area contributed by atoms with Crippen LogP contribution >= 0.6 is 11.8 Å². The predicted octanol–water partition coefficient (Wildman–Crippen LogP) is 7.67. The summed E-state index contributed by atoms with van der Waals surface area (Å²) < 4.78 is 0. The highest BCUT2D eigenvalue weighted by atomic mass is 32.2. The van der Waals surface area contributed by atoms with Crippen LogP contribution in [-0.4, -0.2) is 40.7 Å². The zero-order chi connectivity index (χ0) is 31.8. The summed E-state index contributed by atoms with van der Waals surface area (Å²) in [5.41, 5.74) is 3.33. The molecule has 4 aromatic rings. The quantitative estimate of drug-likeness (QED) is 0.0560. The molecule has 0 aliphatic carbocycles. The molecular formula is C34H31N3O6S. The number of fused-ring (bicyclic) bond motifs is 1. The second-order valence-corrected chi connectivity index (χ2v) is 11.0. The molecule has 224 valence electrons. The Kier molecular flexibility index (Phi) is 10.4. The van der Waals surface area contributed by atoms with Gasteiger partial charge in [0.2, 0.25) is 11.6 Å². The molecule has 0 spiro atoms. The maximum Gasteiger partial charge on any atom is 0.331 e. The summed E-state index contributed by atoms with van der Waals surface area (Å²) in [5.74, 6) is -1.02. The number of hydrogen-bond acceptors (Lipinski definition) is 10. The van der Waals surface area contributed by atoms with Crippen LogP contribution in [0.3, 0.4) is 0 Å². The van der Waals surface area contributed by atoms with Crippen LogP contribution in [0, 0.1) is 0 Å². The highest BCUT2D eigenvalue weighted by molar-refractivity contribution is 7.99. The first kappa shape index (κ1) is 31.8. The van der Waals surface area contributed by atoms with Crippen LogP contribution in [0.25, 0.3) is 10.8 Å². The number of nitrogens with zero attached hydrogens (tertiary/aromatic N) is 3. The van der Waals surface area contributed by atoms with Crippen molar-refractivity contribution in [2.75, 3.05) is 10.7 Å².